The summed E-state index contributed by atoms with van der Waals surface area (Å²) in [6.07, 6.45) is 1.08. The number of hydrogen-bond acceptors (Lipinski definition) is 2. The molecule has 0 radical (unpaired) electrons. The van der Waals surface area contributed by atoms with Gasteiger partial charge in [-0.15, -0.1) is 0 Å². The predicted molar refractivity (Wildman–Crippen MR) is 97.6 cm³/mol. The lowest BCUT2D eigenvalue weighted by atomic mass is 9.92. The molecule has 0 aromatic heterocycles. The lowest BCUT2D eigenvalue weighted by Gasteiger charge is -2.18. The normalized spacial score (nSPS) is 13.0. The van der Waals surface area contributed by atoms with E-state index < -0.39 is 0 Å². The smallest absolute Gasteiger partial charge is 0.0662 e. The predicted octanol–water partition coefficient (Wildman–Crippen LogP) is 5.51. The highest BCUT2D eigenvalue weighted by atomic mass is 14.8. The Balaban J connectivity index is 2.60. The van der Waals surface area contributed by atoms with Crippen LogP contribution < -0.4 is 5.32 Å². The lowest BCUT2D eigenvalue weighted by Crippen LogP contribution is -2.14. The molecule has 2 heteroatoms. The Morgan fingerprint density at radius 1 is 1.09 bits per heavy atom. The van der Waals surface area contributed by atoms with Gasteiger partial charge in [0.25, 0.3) is 0 Å². The quantitative estimate of drug-likeness (QED) is 0.722. The van der Waals surface area contributed by atoms with Gasteiger partial charge in [0.15, 0.2) is 0 Å². The summed E-state index contributed by atoms with van der Waals surface area (Å²) in [6, 6.07) is 14.7. The topological polar surface area (TPSA) is 24.4 Å². The van der Waals surface area contributed by atoms with Crippen molar-refractivity contribution in [1.82, 2.24) is 0 Å². The first kappa shape index (κ1) is 16.3. The van der Waals surface area contributed by atoms with E-state index in [9.17, 15) is 0 Å². The summed E-state index contributed by atoms with van der Waals surface area (Å²) in [6.45, 7) is 8.75. The van der Waals surface area contributed by atoms with Crippen LogP contribution >= 0.6 is 0 Å². The van der Waals surface area contributed by atoms with Crippen molar-refractivity contribution in [3.8, 4) is 0 Å². The SMILES string of the molecule is CCC(C)C(=Nc1ccccc1C)c1cccc(NC)c1C. The van der Waals surface area contributed by atoms with Crippen molar-refractivity contribution in [3.05, 3.63) is 59.2 Å². The van der Waals surface area contributed by atoms with Crippen LogP contribution in [0.25, 0.3) is 0 Å². The van der Waals surface area contributed by atoms with Gasteiger partial charge in [-0.2, -0.15) is 0 Å². The van der Waals surface area contributed by atoms with Crippen LogP contribution in [0.4, 0.5) is 11.4 Å². The Morgan fingerprint density at radius 3 is 2.45 bits per heavy atom. The first-order valence-corrected chi connectivity index (χ1v) is 8.00. The van der Waals surface area contributed by atoms with E-state index in [2.05, 4.69) is 75.5 Å². The van der Waals surface area contributed by atoms with Crippen LogP contribution in [-0.2, 0) is 0 Å². The van der Waals surface area contributed by atoms with E-state index in [0.717, 1.165) is 12.1 Å². The summed E-state index contributed by atoms with van der Waals surface area (Å²) >= 11 is 0. The average Bonchev–Trinajstić information content (AvgIpc) is 2.54. The molecule has 2 aromatic carbocycles. The van der Waals surface area contributed by atoms with Crippen LogP contribution in [0, 0.1) is 19.8 Å². The first-order valence-electron chi connectivity index (χ1n) is 8.00. The van der Waals surface area contributed by atoms with Crippen molar-refractivity contribution in [2.24, 2.45) is 10.9 Å². The van der Waals surface area contributed by atoms with Gasteiger partial charge >= 0.3 is 0 Å². The maximum absolute atomic E-state index is 5.02. The van der Waals surface area contributed by atoms with Gasteiger partial charge < -0.3 is 5.32 Å². The molecule has 0 aliphatic heterocycles. The fourth-order valence-electron chi connectivity index (χ4n) is 2.63. The highest BCUT2D eigenvalue weighted by Gasteiger charge is 2.15. The van der Waals surface area contributed by atoms with Crippen molar-refractivity contribution in [3.63, 3.8) is 0 Å². The van der Waals surface area contributed by atoms with Crippen LogP contribution in [0.2, 0.25) is 0 Å². The minimum atomic E-state index is 0.422. The standard InChI is InChI=1S/C20H26N2/c1-6-14(2)20(22-18-12-8-7-10-15(18)3)17-11-9-13-19(21-5)16(17)4/h7-14,21H,6H2,1-5H3. The molecule has 0 aliphatic rings. The number of rotatable bonds is 5. The molecule has 2 rings (SSSR count). The van der Waals surface area contributed by atoms with E-state index in [1.807, 2.05) is 7.05 Å². The lowest BCUT2D eigenvalue weighted by molar-refractivity contribution is 0.740. The van der Waals surface area contributed by atoms with Gasteiger partial charge in [0.05, 0.1) is 11.4 Å². The van der Waals surface area contributed by atoms with Gasteiger partial charge in [0.1, 0.15) is 0 Å². The summed E-state index contributed by atoms with van der Waals surface area (Å²) < 4.78 is 0. The number of aryl methyl sites for hydroxylation is 1. The number of nitrogens with one attached hydrogen (secondary N) is 1. The molecule has 1 N–H and O–H groups in total. The third kappa shape index (κ3) is 3.38. The highest BCUT2D eigenvalue weighted by Crippen LogP contribution is 2.26. The summed E-state index contributed by atoms with van der Waals surface area (Å²) in [5, 5.41) is 3.27. The van der Waals surface area contributed by atoms with E-state index in [4.69, 9.17) is 4.99 Å². The Hall–Kier alpha value is -2.09. The molecule has 0 heterocycles. The second-order valence-electron chi connectivity index (χ2n) is 5.82. The number of benzene rings is 2. The fraction of sp³-hybridized carbons (Fsp3) is 0.350. The summed E-state index contributed by atoms with van der Waals surface area (Å²) in [5.41, 5.74) is 7.12. The Morgan fingerprint density at radius 2 is 1.82 bits per heavy atom. The van der Waals surface area contributed by atoms with Crippen LogP contribution in [0.1, 0.15) is 37.0 Å². The van der Waals surface area contributed by atoms with Gasteiger partial charge in [-0.05, 0) is 49.4 Å². The minimum Gasteiger partial charge on any atom is -0.388 e. The largest absolute Gasteiger partial charge is 0.388 e. The molecule has 2 nitrogen and oxygen atoms in total. The van der Waals surface area contributed by atoms with Crippen molar-refractivity contribution < 1.29 is 0 Å². The average molecular weight is 294 g/mol. The van der Waals surface area contributed by atoms with Gasteiger partial charge in [-0.25, -0.2) is 0 Å². The second kappa shape index (κ2) is 7.26. The van der Waals surface area contributed by atoms with Crippen LogP contribution in [0.5, 0.6) is 0 Å². The molecule has 0 bridgehead atoms. The van der Waals surface area contributed by atoms with E-state index in [0.29, 0.717) is 5.92 Å². The maximum atomic E-state index is 5.02. The zero-order valence-electron chi connectivity index (χ0n) is 14.3. The zero-order chi connectivity index (χ0) is 16.1. The van der Waals surface area contributed by atoms with Crippen molar-refractivity contribution >= 4 is 17.1 Å². The molecular formula is C20H26N2. The second-order valence-corrected chi connectivity index (χ2v) is 5.82. The zero-order valence-corrected chi connectivity index (χ0v) is 14.3. The van der Waals surface area contributed by atoms with E-state index in [1.165, 1.54) is 28.1 Å². The molecule has 0 saturated carbocycles. The Labute approximate surface area is 134 Å². The number of para-hydroxylation sites is 1. The maximum Gasteiger partial charge on any atom is 0.0662 e. The third-order valence-electron chi connectivity index (χ3n) is 4.31. The van der Waals surface area contributed by atoms with E-state index in [1.54, 1.807) is 0 Å². The van der Waals surface area contributed by atoms with Crippen LogP contribution in [0.15, 0.2) is 47.5 Å². The van der Waals surface area contributed by atoms with Gasteiger partial charge in [-0.3, -0.25) is 4.99 Å². The molecule has 0 spiro atoms. The van der Waals surface area contributed by atoms with Crippen LogP contribution in [0.3, 0.4) is 0 Å². The fourth-order valence-corrected chi connectivity index (χ4v) is 2.63. The van der Waals surface area contributed by atoms with Gasteiger partial charge in [-0.1, -0.05) is 44.2 Å². The molecule has 1 atom stereocenters. The summed E-state index contributed by atoms with van der Waals surface area (Å²) in [7, 11) is 1.97. The number of anilines is 1. The molecule has 0 fully saturated rings. The third-order valence-corrected chi connectivity index (χ3v) is 4.31. The highest BCUT2D eigenvalue weighted by molar-refractivity contribution is 6.05. The summed E-state index contributed by atoms with van der Waals surface area (Å²) in [5.74, 6) is 0.422. The molecule has 0 saturated heterocycles. The molecule has 0 aliphatic carbocycles. The van der Waals surface area contributed by atoms with Crippen molar-refractivity contribution in [2.45, 2.75) is 34.1 Å². The molecule has 0 amide bonds. The monoisotopic (exact) mass is 294 g/mol. The molecular weight excluding hydrogens is 268 g/mol. The summed E-state index contributed by atoms with van der Waals surface area (Å²) in [4.78, 5) is 5.02. The van der Waals surface area contributed by atoms with Crippen molar-refractivity contribution in [1.29, 1.82) is 0 Å². The minimum absolute atomic E-state index is 0.422. The van der Waals surface area contributed by atoms with Gasteiger partial charge in [0, 0.05) is 18.3 Å². The van der Waals surface area contributed by atoms with E-state index >= 15 is 0 Å². The number of hydrogen-bond donors (Lipinski definition) is 1. The van der Waals surface area contributed by atoms with Gasteiger partial charge in [0.2, 0.25) is 0 Å². The number of nitrogens with zero attached hydrogens (tertiary/aromatic N) is 1. The van der Waals surface area contributed by atoms with Crippen molar-refractivity contribution in [2.75, 3.05) is 12.4 Å². The molecule has 1 unspecified atom stereocenters. The Bertz CT molecular complexity index is 671. The first-order chi connectivity index (χ1) is 10.6. The molecule has 2 aromatic rings. The van der Waals surface area contributed by atoms with E-state index in [-0.39, 0.29) is 0 Å². The van der Waals surface area contributed by atoms with Crippen LogP contribution in [-0.4, -0.2) is 12.8 Å². The number of aliphatic imine (C=N–C) groups is 1. The molecule has 22 heavy (non-hydrogen) atoms. The Kier molecular flexibility index (Phi) is 5.37. The molecule has 116 valence electrons.